The molecule has 5 rings (SSSR count). The van der Waals surface area contributed by atoms with Crippen LogP contribution >= 0.6 is 0 Å². The molecule has 2 aromatic carbocycles. The molecule has 3 aliphatic rings. The lowest BCUT2D eigenvalue weighted by atomic mass is 9.85. The topological polar surface area (TPSA) is 46.6 Å². The second-order valence-corrected chi connectivity index (χ2v) is 7.81. The lowest BCUT2D eigenvalue weighted by Crippen LogP contribution is -2.32. The molecule has 136 valence electrons. The molecule has 27 heavy (non-hydrogen) atoms. The van der Waals surface area contributed by atoms with Crippen molar-refractivity contribution in [1.29, 1.82) is 0 Å². The Kier molecular flexibility index (Phi) is 3.51. The summed E-state index contributed by atoms with van der Waals surface area (Å²) in [7, 11) is 0. The first-order valence-corrected chi connectivity index (χ1v) is 9.45. The maximum Gasteiger partial charge on any atom is 0.238 e. The fourth-order valence-electron chi connectivity index (χ4n) is 4.78. The number of aryl methyl sites for hydroxylation is 1. The monoisotopic (exact) mass is 359 g/mol. The molecular formula is C23H21NO3. The Morgan fingerprint density at radius 3 is 2.15 bits per heavy atom. The van der Waals surface area contributed by atoms with Crippen molar-refractivity contribution < 1.29 is 14.3 Å². The summed E-state index contributed by atoms with van der Waals surface area (Å²) in [5.74, 6) is 1.52. The average Bonchev–Trinajstić information content (AvgIpc) is 3.34. The number of ether oxygens (including phenoxy) is 1. The van der Waals surface area contributed by atoms with Crippen molar-refractivity contribution in [2.24, 2.45) is 23.7 Å². The first kappa shape index (κ1) is 16.3. The van der Waals surface area contributed by atoms with E-state index in [1.807, 2.05) is 31.2 Å². The fraction of sp³-hybridized carbons (Fsp3) is 0.304. The zero-order valence-electron chi connectivity index (χ0n) is 15.4. The number of hydrogen-bond donors (Lipinski definition) is 0. The number of hydrogen-bond acceptors (Lipinski definition) is 3. The van der Waals surface area contributed by atoms with Crippen molar-refractivity contribution in [2.45, 2.75) is 20.3 Å². The summed E-state index contributed by atoms with van der Waals surface area (Å²) in [4.78, 5) is 27.1. The van der Waals surface area contributed by atoms with Crippen LogP contribution in [0.25, 0.3) is 0 Å². The highest BCUT2D eigenvalue weighted by atomic mass is 16.5. The van der Waals surface area contributed by atoms with Gasteiger partial charge < -0.3 is 4.74 Å². The predicted octanol–water partition coefficient (Wildman–Crippen LogP) is 4.41. The van der Waals surface area contributed by atoms with Gasteiger partial charge in [-0.3, -0.25) is 14.5 Å². The molecule has 2 aromatic rings. The van der Waals surface area contributed by atoms with E-state index < -0.39 is 0 Å². The number of imide groups is 1. The Hall–Kier alpha value is -2.88. The van der Waals surface area contributed by atoms with E-state index in [0.29, 0.717) is 11.4 Å². The SMILES string of the molecule is Cc1cccc(Oc2ccc(N3C(=O)[C@@H]4[C@H](C3=O)[C@@H]3C=C[C@@H]4C3)cc2)c1C. The third kappa shape index (κ3) is 2.36. The van der Waals surface area contributed by atoms with E-state index in [-0.39, 0.29) is 35.5 Å². The van der Waals surface area contributed by atoms with Gasteiger partial charge in [-0.05, 0) is 73.6 Å². The Morgan fingerprint density at radius 1 is 0.889 bits per heavy atom. The molecule has 1 heterocycles. The maximum absolute atomic E-state index is 12.9. The Balaban J connectivity index is 1.39. The highest BCUT2D eigenvalue weighted by Gasteiger charge is 2.59. The van der Waals surface area contributed by atoms with Crippen LogP contribution in [0.5, 0.6) is 11.5 Å². The number of carbonyl (C=O) groups is 2. The number of allylic oxidation sites excluding steroid dienone is 2. The predicted molar refractivity (Wildman–Crippen MR) is 103 cm³/mol. The minimum atomic E-state index is -0.168. The summed E-state index contributed by atoms with van der Waals surface area (Å²) in [5, 5.41) is 0. The molecule has 0 spiro atoms. The van der Waals surface area contributed by atoms with Gasteiger partial charge in [-0.15, -0.1) is 0 Å². The largest absolute Gasteiger partial charge is 0.457 e. The first-order chi connectivity index (χ1) is 13.0. The molecule has 4 atom stereocenters. The van der Waals surface area contributed by atoms with Gasteiger partial charge >= 0.3 is 0 Å². The molecule has 4 nitrogen and oxygen atoms in total. The van der Waals surface area contributed by atoms with E-state index in [2.05, 4.69) is 25.1 Å². The molecule has 1 aliphatic heterocycles. The van der Waals surface area contributed by atoms with E-state index in [9.17, 15) is 9.59 Å². The minimum absolute atomic E-state index is 0.0509. The van der Waals surface area contributed by atoms with Gasteiger partial charge in [-0.2, -0.15) is 0 Å². The molecule has 2 fully saturated rings. The second kappa shape index (κ2) is 5.81. The van der Waals surface area contributed by atoms with Gasteiger partial charge in [0.2, 0.25) is 11.8 Å². The molecular weight excluding hydrogens is 338 g/mol. The van der Waals surface area contributed by atoms with Crippen LogP contribution in [0.3, 0.4) is 0 Å². The molecule has 0 radical (unpaired) electrons. The normalized spacial score (nSPS) is 28.1. The number of fused-ring (bicyclic) bond motifs is 5. The highest BCUT2D eigenvalue weighted by molar-refractivity contribution is 6.22. The summed E-state index contributed by atoms with van der Waals surface area (Å²) in [6.45, 7) is 4.08. The van der Waals surface area contributed by atoms with Crippen molar-refractivity contribution in [3.8, 4) is 11.5 Å². The number of amides is 2. The second-order valence-electron chi connectivity index (χ2n) is 7.81. The number of benzene rings is 2. The van der Waals surface area contributed by atoms with Gasteiger partial charge in [-0.1, -0.05) is 24.3 Å². The average molecular weight is 359 g/mol. The van der Waals surface area contributed by atoms with E-state index in [0.717, 1.165) is 17.7 Å². The fourth-order valence-corrected chi connectivity index (χ4v) is 4.78. The van der Waals surface area contributed by atoms with Crippen molar-refractivity contribution >= 4 is 17.5 Å². The third-order valence-electron chi connectivity index (χ3n) is 6.35. The van der Waals surface area contributed by atoms with E-state index in [1.54, 1.807) is 12.1 Å². The number of carbonyl (C=O) groups excluding carboxylic acids is 2. The van der Waals surface area contributed by atoms with Crippen molar-refractivity contribution in [2.75, 3.05) is 4.90 Å². The van der Waals surface area contributed by atoms with Gasteiger partial charge in [0.15, 0.2) is 0 Å². The molecule has 0 N–H and O–H groups in total. The first-order valence-electron chi connectivity index (χ1n) is 9.45. The summed E-state index contributed by atoms with van der Waals surface area (Å²) >= 11 is 0. The summed E-state index contributed by atoms with van der Waals surface area (Å²) < 4.78 is 5.98. The smallest absolute Gasteiger partial charge is 0.238 e. The van der Waals surface area contributed by atoms with Crippen molar-refractivity contribution in [3.63, 3.8) is 0 Å². The standard InChI is InChI=1S/C23H21NO3/c1-13-4-3-5-19(14(13)2)27-18-10-8-17(9-11-18)24-22(25)20-15-6-7-16(12-15)21(20)23(24)26/h3-11,15-16,20-21H,12H2,1-2H3/t15-,16-,20-,21+/m1/s1. The summed E-state index contributed by atoms with van der Waals surface area (Å²) in [6.07, 6.45) is 5.17. The Bertz CT molecular complexity index is 946. The van der Waals surface area contributed by atoms with E-state index in [1.165, 1.54) is 10.5 Å². The summed E-state index contributed by atoms with van der Waals surface area (Å²) in [6, 6.07) is 13.2. The lowest BCUT2D eigenvalue weighted by molar-refractivity contribution is -0.123. The summed E-state index contributed by atoms with van der Waals surface area (Å²) in [5.41, 5.74) is 2.90. The van der Waals surface area contributed by atoms with Crippen LogP contribution in [0.2, 0.25) is 0 Å². The van der Waals surface area contributed by atoms with Gasteiger partial charge in [0, 0.05) is 0 Å². The van der Waals surface area contributed by atoms with Gasteiger partial charge in [0.25, 0.3) is 0 Å². The molecule has 2 aliphatic carbocycles. The third-order valence-corrected chi connectivity index (χ3v) is 6.35. The molecule has 2 amide bonds. The molecule has 1 saturated heterocycles. The van der Waals surface area contributed by atoms with Crippen LogP contribution in [-0.2, 0) is 9.59 Å². The number of anilines is 1. The van der Waals surface area contributed by atoms with Crippen molar-refractivity contribution in [3.05, 3.63) is 65.7 Å². The van der Waals surface area contributed by atoms with E-state index in [4.69, 9.17) is 4.74 Å². The van der Waals surface area contributed by atoms with Crippen LogP contribution in [0.4, 0.5) is 5.69 Å². The molecule has 0 aromatic heterocycles. The molecule has 1 saturated carbocycles. The van der Waals surface area contributed by atoms with Gasteiger partial charge in [-0.25, -0.2) is 0 Å². The zero-order valence-corrected chi connectivity index (χ0v) is 15.4. The quantitative estimate of drug-likeness (QED) is 0.602. The highest BCUT2D eigenvalue weighted by Crippen LogP contribution is 2.53. The zero-order chi connectivity index (χ0) is 18.7. The van der Waals surface area contributed by atoms with Crippen LogP contribution < -0.4 is 9.64 Å². The maximum atomic E-state index is 12.9. The number of nitrogens with zero attached hydrogens (tertiary/aromatic N) is 1. The minimum Gasteiger partial charge on any atom is -0.457 e. The molecule has 4 heteroatoms. The van der Waals surface area contributed by atoms with E-state index >= 15 is 0 Å². The Labute approximate surface area is 158 Å². The lowest BCUT2D eigenvalue weighted by Gasteiger charge is -2.18. The van der Waals surface area contributed by atoms with Crippen LogP contribution in [0, 0.1) is 37.5 Å². The molecule has 2 bridgehead atoms. The van der Waals surface area contributed by atoms with Crippen LogP contribution in [0.15, 0.2) is 54.6 Å². The number of rotatable bonds is 3. The van der Waals surface area contributed by atoms with Gasteiger partial charge in [0.05, 0.1) is 17.5 Å². The van der Waals surface area contributed by atoms with Crippen LogP contribution in [-0.4, -0.2) is 11.8 Å². The van der Waals surface area contributed by atoms with Crippen molar-refractivity contribution in [1.82, 2.24) is 0 Å². The Morgan fingerprint density at radius 2 is 1.52 bits per heavy atom. The van der Waals surface area contributed by atoms with Gasteiger partial charge in [0.1, 0.15) is 11.5 Å². The molecule has 0 unspecified atom stereocenters. The van der Waals surface area contributed by atoms with Crippen LogP contribution in [0.1, 0.15) is 17.5 Å².